The molecule has 3 aromatic rings. The van der Waals surface area contributed by atoms with Crippen molar-refractivity contribution in [3.8, 4) is 11.5 Å². The summed E-state index contributed by atoms with van der Waals surface area (Å²) in [6.45, 7) is 4.32. The molecule has 1 unspecified atom stereocenters. The number of nitrogens with zero attached hydrogens (tertiary/aromatic N) is 1. The fraction of sp³-hybridized carbons (Fsp3) is 0.231. The highest BCUT2D eigenvalue weighted by Crippen LogP contribution is 2.41. The summed E-state index contributed by atoms with van der Waals surface area (Å²) in [5, 5.41) is 11.1. The minimum Gasteiger partial charge on any atom is -0.507 e. The van der Waals surface area contributed by atoms with Crippen LogP contribution in [0.15, 0.2) is 70.7 Å². The molecule has 7 nitrogen and oxygen atoms in total. The molecule has 33 heavy (non-hydrogen) atoms. The lowest BCUT2D eigenvalue weighted by molar-refractivity contribution is -0.140. The van der Waals surface area contributed by atoms with E-state index >= 15 is 0 Å². The van der Waals surface area contributed by atoms with Crippen molar-refractivity contribution in [3.05, 3.63) is 88.9 Å². The number of rotatable bonds is 7. The molecule has 170 valence electrons. The number of benzene rings is 2. The Hall–Kier alpha value is -4.00. The number of carbonyl (C=O) groups excluding carboxylic acids is 2. The molecule has 1 saturated heterocycles. The van der Waals surface area contributed by atoms with Gasteiger partial charge in [-0.1, -0.05) is 12.1 Å². The molecule has 1 aliphatic heterocycles. The van der Waals surface area contributed by atoms with E-state index in [0.717, 1.165) is 5.56 Å². The maximum absolute atomic E-state index is 13.1. The first kappa shape index (κ1) is 22.2. The van der Waals surface area contributed by atoms with Crippen LogP contribution in [0, 0.1) is 6.92 Å². The molecule has 1 amide bonds. The van der Waals surface area contributed by atoms with E-state index in [1.807, 2.05) is 19.1 Å². The number of carbonyl (C=O) groups is 2. The Labute approximate surface area is 191 Å². The van der Waals surface area contributed by atoms with E-state index in [1.165, 1.54) is 4.90 Å². The molecule has 7 heteroatoms. The number of furan rings is 1. The van der Waals surface area contributed by atoms with Gasteiger partial charge >= 0.3 is 0 Å². The highest BCUT2D eigenvalue weighted by atomic mass is 16.5. The third-order valence-corrected chi connectivity index (χ3v) is 5.50. The van der Waals surface area contributed by atoms with E-state index in [1.54, 1.807) is 62.6 Å². The Kier molecular flexibility index (Phi) is 6.22. The molecule has 4 rings (SSSR count). The monoisotopic (exact) mass is 447 g/mol. The lowest BCUT2D eigenvalue weighted by Gasteiger charge is -2.23. The average Bonchev–Trinajstić information content (AvgIpc) is 3.35. The van der Waals surface area contributed by atoms with Gasteiger partial charge in [-0.05, 0) is 67.9 Å². The molecule has 1 aliphatic rings. The number of hydrogen-bond donors (Lipinski definition) is 1. The van der Waals surface area contributed by atoms with Crippen LogP contribution < -0.4 is 9.47 Å². The van der Waals surface area contributed by atoms with E-state index in [0.29, 0.717) is 35.2 Å². The van der Waals surface area contributed by atoms with Crippen molar-refractivity contribution < 1.29 is 28.6 Å². The van der Waals surface area contributed by atoms with Gasteiger partial charge < -0.3 is 23.9 Å². The summed E-state index contributed by atoms with van der Waals surface area (Å²) < 4.78 is 16.5. The Morgan fingerprint density at radius 1 is 1.06 bits per heavy atom. The number of aliphatic hydroxyl groups is 1. The predicted octanol–water partition coefficient (Wildman–Crippen LogP) is 4.62. The number of hydrogen-bond acceptors (Lipinski definition) is 6. The Morgan fingerprint density at radius 3 is 2.45 bits per heavy atom. The second-order valence-electron chi connectivity index (χ2n) is 7.68. The van der Waals surface area contributed by atoms with Crippen molar-refractivity contribution in [1.29, 1.82) is 0 Å². The van der Waals surface area contributed by atoms with Crippen LogP contribution in [0.1, 0.15) is 35.6 Å². The molecule has 1 atom stereocenters. The van der Waals surface area contributed by atoms with E-state index < -0.39 is 17.7 Å². The van der Waals surface area contributed by atoms with Crippen molar-refractivity contribution in [2.75, 3.05) is 13.7 Å². The number of likely N-dealkylation sites (tertiary alicyclic amines) is 1. The first-order chi connectivity index (χ1) is 15.9. The van der Waals surface area contributed by atoms with Crippen LogP contribution in [-0.4, -0.2) is 35.4 Å². The first-order valence-electron chi connectivity index (χ1n) is 10.6. The lowest BCUT2D eigenvalue weighted by Crippen LogP contribution is -2.29. The van der Waals surface area contributed by atoms with Gasteiger partial charge in [0, 0.05) is 12.1 Å². The zero-order valence-corrected chi connectivity index (χ0v) is 18.7. The zero-order valence-electron chi connectivity index (χ0n) is 18.7. The number of ketones is 1. The van der Waals surface area contributed by atoms with Crippen molar-refractivity contribution in [1.82, 2.24) is 4.90 Å². The largest absolute Gasteiger partial charge is 0.507 e. The predicted molar refractivity (Wildman–Crippen MR) is 122 cm³/mol. The Balaban J connectivity index is 1.79. The van der Waals surface area contributed by atoms with Crippen LogP contribution in [0.5, 0.6) is 11.5 Å². The lowest BCUT2D eigenvalue weighted by atomic mass is 9.99. The van der Waals surface area contributed by atoms with Gasteiger partial charge in [-0.2, -0.15) is 0 Å². The van der Waals surface area contributed by atoms with Gasteiger partial charge in [-0.25, -0.2) is 0 Å². The molecule has 2 heterocycles. The SMILES string of the molecule is CCOc1ccc(/C(O)=C2/C(=O)C(=O)N(Cc3cccc(OC)c3)C2c2ccc(C)o2)cc1. The van der Waals surface area contributed by atoms with Crippen molar-refractivity contribution >= 4 is 17.4 Å². The summed E-state index contributed by atoms with van der Waals surface area (Å²) in [5.74, 6) is 0.603. The third kappa shape index (κ3) is 4.35. The van der Waals surface area contributed by atoms with Gasteiger partial charge in [0.15, 0.2) is 0 Å². The smallest absolute Gasteiger partial charge is 0.296 e. The summed E-state index contributed by atoms with van der Waals surface area (Å²) in [6, 6.07) is 16.6. The number of ether oxygens (including phenoxy) is 2. The summed E-state index contributed by atoms with van der Waals surface area (Å²) in [5.41, 5.74) is 1.18. The summed E-state index contributed by atoms with van der Waals surface area (Å²) in [6.07, 6.45) is 0. The highest BCUT2D eigenvalue weighted by Gasteiger charge is 2.47. The second kappa shape index (κ2) is 9.24. The molecular formula is C26H25NO6. The van der Waals surface area contributed by atoms with Gasteiger partial charge in [0.25, 0.3) is 11.7 Å². The topological polar surface area (TPSA) is 89.2 Å². The number of methoxy groups -OCH3 is 1. The van der Waals surface area contributed by atoms with Crippen molar-refractivity contribution in [3.63, 3.8) is 0 Å². The normalized spacial score (nSPS) is 17.4. The average molecular weight is 447 g/mol. The zero-order chi connectivity index (χ0) is 23.5. The van der Waals surface area contributed by atoms with Gasteiger partial charge in [0.05, 0.1) is 19.3 Å². The summed E-state index contributed by atoms with van der Waals surface area (Å²) >= 11 is 0. The van der Waals surface area contributed by atoms with Crippen LogP contribution in [-0.2, 0) is 16.1 Å². The summed E-state index contributed by atoms with van der Waals surface area (Å²) in [4.78, 5) is 27.6. The molecule has 0 spiro atoms. The Bertz CT molecular complexity index is 1210. The second-order valence-corrected chi connectivity index (χ2v) is 7.68. The molecule has 1 N–H and O–H groups in total. The maximum Gasteiger partial charge on any atom is 0.296 e. The van der Waals surface area contributed by atoms with E-state index in [9.17, 15) is 14.7 Å². The van der Waals surface area contributed by atoms with Crippen LogP contribution >= 0.6 is 0 Å². The van der Waals surface area contributed by atoms with Crippen LogP contribution in [0.25, 0.3) is 5.76 Å². The van der Waals surface area contributed by atoms with E-state index in [-0.39, 0.29) is 17.9 Å². The Morgan fingerprint density at radius 2 is 1.82 bits per heavy atom. The van der Waals surface area contributed by atoms with Crippen molar-refractivity contribution in [2.45, 2.75) is 26.4 Å². The number of Topliss-reactive ketones (excluding diaryl/α,β-unsaturated/α-hetero) is 1. The fourth-order valence-corrected chi connectivity index (χ4v) is 3.94. The molecule has 2 aromatic carbocycles. The standard InChI is InChI=1S/C26H25NO6/c1-4-32-19-11-9-18(10-12-19)24(28)22-23(21-13-8-16(2)33-21)27(26(30)25(22)29)15-17-6-5-7-20(14-17)31-3/h5-14,23,28H,4,15H2,1-3H3/b24-22-. The fourth-order valence-electron chi connectivity index (χ4n) is 3.94. The molecule has 0 aliphatic carbocycles. The van der Waals surface area contributed by atoms with Crippen molar-refractivity contribution in [2.24, 2.45) is 0 Å². The molecule has 1 fully saturated rings. The van der Waals surface area contributed by atoms with Gasteiger partial charge in [-0.3, -0.25) is 9.59 Å². The maximum atomic E-state index is 13.1. The van der Waals surface area contributed by atoms with Gasteiger partial charge in [-0.15, -0.1) is 0 Å². The van der Waals surface area contributed by atoms with E-state index in [2.05, 4.69) is 0 Å². The van der Waals surface area contributed by atoms with Crippen LogP contribution in [0.4, 0.5) is 0 Å². The van der Waals surface area contributed by atoms with E-state index in [4.69, 9.17) is 13.9 Å². The molecular weight excluding hydrogens is 422 g/mol. The van der Waals surface area contributed by atoms with Gasteiger partial charge in [0.1, 0.15) is 34.8 Å². The number of aryl methyl sites for hydroxylation is 1. The number of amides is 1. The summed E-state index contributed by atoms with van der Waals surface area (Å²) in [7, 11) is 1.56. The minimum atomic E-state index is -0.864. The quantitative estimate of drug-likeness (QED) is 0.323. The molecule has 1 aromatic heterocycles. The highest BCUT2D eigenvalue weighted by molar-refractivity contribution is 6.46. The van der Waals surface area contributed by atoms with Gasteiger partial charge in [0.2, 0.25) is 0 Å². The molecule has 0 saturated carbocycles. The first-order valence-corrected chi connectivity index (χ1v) is 10.6. The molecule has 0 radical (unpaired) electrons. The van der Waals surface area contributed by atoms with Crippen LogP contribution in [0.2, 0.25) is 0 Å². The minimum absolute atomic E-state index is 0.0126. The van der Waals surface area contributed by atoms with Crippen LogP contribution in [0.3, 0.4) is 0 Å². The third-order valence-electron chi connectivity index (χ3n) is 5.50. The molecule has 0 bridgehead atoms. The number of aliphatic hydroxyl groups excluding tert-OH is 1.